The topological polar surface area (TPSA) is 74.9 Å². The van der Waals surface area contributed by atoms with Gasteiger partial charge in [0.05, 0.1) is 33.6 Å². The molecular formula is C22H22ClN5O. The molecule has 2 aliphatic rings. The van der Waals surface area contributed by atoms with E-state index in [9.17, 15) is 0 Å². The van der Waals surface area contributed by atoms with Gasteiger partial charge in [-0.2, -0.15) is 5.26 Å². The number of benzene rings is 2. The maximum absolute atomic E-state index is 9.14. The average molecular weight is 408 g/mol. The van der Waals surface area contributed by atoms with Crippen molar-refractivity contribution in [1.29, 1.82) is 5.26 Å². The molecule has 0 radical (unpaired) electrons. The second-order valence-corrected chi connectivity index (χ2v) is 8.19. The van der Waals surface area contributed by atoms with Crippen molar-refractivity contribution in [3.05, 3.63) is 52.8 Å². The van der Waals surface area contributed by atoms with Crippen LogP contribution in [0.25, 0.3) is 11.0 Å². The standard InChI is InChI=1S/C22H22ClN5O/c23-17-10-20-19(9-15(17)11-24)25-13-28(20)12-14-6-7-18-21(8-14)29-22(27-18)26-16-4-2-1-3-5-16/h6-10,13,16,22,26-27H,1-5,12H2. The molecule has 0 saturated heterocycles. The molecule has 1 fully saturated rings. The number of nitrogens with zero attached hydrogens (tertiary/aromatic N) is 3. The normalized spacial score (nSPS) is 18.8. The van der Waals surface area contributed by atoms with Crippen molar-refractivity contribution in [2.75, 3.05) is 5.32 Å². The van der Waals surface area contributed by atoms with Gasteiger partial charge in [-0.25, -0.2) is 4.98 Å². The summed E-state index contributed by atoms with van der Waals surface area (Å²) in [4.78, 5) is 4.41. The maximum Gasteiger partial charge on any atom is 0.228 e. The van der Waals surface area contributed by atoms with Gasteiger partial charge < -0.3 is 14.6 Å². The van der Waals surface area contributed by atoms with Crippen LogP contribution in [0.15, 0.2) is 36.7 Å². The Morgan fingerprint density at radius 3 is 2.93 bits per heavy atom. The molecule has 0 amide bonds. The lowest BCUT2D eigenvalue weighted by molar-refractivity contribution is 0.178. The summed E-state index contributed by atoms with van der Waals surface area (Å²) in [6.45, 7) is 0.649. The first-order valence-electron chi connectivity index (χ1n) is 10.1. The van der Waals surface area contributed by atoms with Crippen LogP contribution in [0.1, 0.15) is 43.2 Å². The van der Waals surface area contributed by atoms with Gasteiger partial charge in [-0.3, -0.25) is 5.32 Å². The molecule has 3 aromatic rings. The number of nitrogens with one attached hydrogen (secondary N) is 2. The van der Waals surface area contributed by atoms with E-state index in [0.29, 0.717) is 23.2 Å². The molecule has 0 spiro atoms. The highest BCUT2D eigenvalue weighted by atomic mass is 35.5. The summed E-state index contributed by atoms with van der Waals surface area (Å²) >= 11 is 6.21. The van der Waals surface area contributed by atoms with Gasteiger partial charge in [-0.15, -0.1) is 0 Å². The smallest absolute Gasteiger partial charge is 0.228 e. The van der Waals surface area contributed by atoms with Gasteiger partial charge in [-0.05, 0) is 42.7 Å². The third-order valence-corrected chi connectivity index (χ3v) is 6.07. The molecule has 0 bridgehead atoms. The zero-order valence-corrected chi connectivity index (χ0v) is 16.7. The first-order valence-corrected chi connectivity index (χ1v) is 10.4. The van der Waals surface area contributed by atoms with Gasteiger partial charge in [-0.1, -0.05) is 36.9 Å². The lowest BCUT2D eigenvalue weighted by Gasteiger charge is -2.25. The SMILES string of the molecule is N#Cc1cc2ncn(Cc3ccc4c(c3)OC(NC3CCCCC3)N4)c2cc1Cl. The van der Waals surface area contributed by atoms with E-state index >= 15 is 0 Å². The lowest BCUT2D eigenvalue weighted by atomic mass is 9.96. The maximum atomic E-state index is 9.14. The largest absolute Gasteiger partial charge is 0.455 e. The number of anilines is 1. The third-order valence-electron chi connectivity index (χ3n) is 5.75. The van der Waals surface area contributed by atoms with Gasteiger partial charge in [0.2, 0.25) is 6.35 Å². The van der Waals surface area contributed by atoms with Crippen LogP contribution in [0.4, 0.5) is 5.69 Å². The van der Waals surface area contributed by atoms with E-state index in [-0.39, 0.29) is 6.35 Å². The molecule has 2 N–H and O–H groups in total. The zero-order valence-electron chi connectivity index (χ0n) is 16.0. The summed E-state index contributed by atoms with van der Waals surface area (Å²) in [5.41, 5.74) is 4.24. The second kappa shape index (κ2) is 7.58. The molecular weight excluding hydrogens is 386 g/mol. The van der Waals surface area contributed by atoms with E-state index < -0.39 is 0 Å². The fourth-order valence-electron chi connectivity index (χ4n) is 4.23. The van der Waals surface area contributed by atoms with Crippen LogP contribution < -0.4 is 15.4 Å². The van der Waals surface area contributed by atoms with Crippen molar-refractivity contribution in [1.82, 2.24) is 14.9 Å². The Balaban J connectivity index is 1.32. The summed E-state index contributed by atoms with van der Waals surface area (Å²) in [6.07, 6.45) is 7.97. The first-order chi connectivity index (χ1) is 14.2. The fourth-order valence-corrected chi connectivity index (χ4v) is 4.43. The molecule has 2 aromatic carbocycles. The number of aromatic nitrogens is 2. The molecule has 7 heteroatoms. The highest BCUT2D eigenvalue weighted by Gasteiger charge is 2.25. The highest BCUT2D eigenvalue weighted by Crippen LogP contribution is 2.33. The summed E-state index contributed by atoms with van der Waals surface area (Å²) in [5.74, 6) is 0.866. The molecule has 148 valence electrons. The van der Waals surface area contributed by atoms with Crippen molar-refractivity contribution in [2.45, 2.75) is 51.0 Å². The molecule has 5 rings (SSSR count). The molecule has 1 aromatic heterocycles. The summed E-state index contributed by atoms with van der Waals surface area (Å²) < 4.78 is 8.13. The number of ether oxygens (including phenoxy) is 1. The number of rotatable bonds is 4. The van der Waals surface area contributed by atoms with Gasteiger partial charge in [0.15, 0.2) is 0 Å². The molecule has 1 aliphatic heterocycles. The molecule has 1 atom stereocenters. The van der Waals surface area contributed by atoms with Crippen LogP contribution in [0.3, 0.4) is 0 Å². The van der Waals surface area contributed by atoms with E-state index in [0.717, 1.165) is 28.0 Å². The van der Waals surface area contributed by atoms with E-state index in [4.69, 9.17) is 21.6 Å². The van der Waals surface area contributed by atoms with Crippen LogP contribution in [-0.4, -0.2) is 21.9 Å². The Bertz CT molecular complexity index is 1100. The number of hydrogen-bond donors (Lipinski definition) is 2. The molecule has 1 saturated carbocycles. The van der Waals surface area contributed by atoms with Gasteiger partial charge in [0.25, 0.3) is 0 Å². The lowest BCUT2D eigenvalue weighted by Crippen LogP contribution is -2.45. The zero-order chi connectivity index (χ0) is 19.8. The van der Waals surface area contributed by atoms with Crippen molar-refractivity contribution in [2.24, 2.45) is 0 Å². The minimum absolute atomic E-state index is 0.166. The predicted octanol–water partition coefficient (Wildman–Crippen LogP) is 4.62. The van der Waals surface area contributed by atoms with Crippen molar-refractivity contribution in [3.63, 3.8) is 0 Å². The number of nitriles is 1. The summed E-state index contributed by atoms with van der Waals surface area (Å²) in [7, 11) is 0. The van der Waals surface area contributed by atoms with Crippen LogP contribution in [0.5, 0.6) is 5.75 Å². The van der Waals surface area contributed by atoms with E-state index in [1.807, 2.05) is 4.57 Å². The number of imidazole rings is 1. The first kappa shape index (κ1) is 18.3. The monoisotopic (exact) mass is 407 g/mol. The Labute approximate surface area is 174 Å². The Kier molecular flexibility index (Phi) is 4.78. The van der Waals surface area contributed by atoms with Gasteiger partial charge in [0, 0.05) is 12.6 Å². The molecule has 2 heterocycles. The molecule has 1 unspecified atom stereocenters. The van der Waals surface area contributed by atoms with E-state index in [1.54, 1.807) is 18.5 Å². The van der Waals surface area contributed by atoms with Crippen LogP contribution in [0, 0.1) is 11.3 Å². The van der Waals surface area contributed by atoms with Crippen molar-refractivity contribution in [3.8, 4) is 11.8 Å². The van der Waals surface area contributed by atoms with Gasteiger partial charge >= 0.3 is 0 Å². The number of fused-ring (bicyclic) bond motifs is 2. The number of hydrogen-bond acceptors (Lipinski definition) is 5. The fraction of sp³-hybridized carbons (Fsp3) is 0.364. The minimum Gasteiger partial charge on any atom is -0.455 e. The Hall–Kier alpha value is -2.75. The third kappa shape index (κ3) is 3.64. The Morgan fingerprint density at radius 1 is 1.24 bits per heavy atom. The molecule has 29 heavy (non-hydrogen) atoms. The van der Waals surface area contributed by atoms with Crippen LogP contribution >= 0.6 is 11.6 Å². The summed E-state index contributed by atoms with van der Waals surface area (Å²) in [6, 6.07) is 12.4. The average Bonchev–Trinajstić information content (AvgIpc) is 3.31. The summed E-state index contributed by atoms with van der Waals surface area (Å²) in [5, 5.41) is 16.6. The van der Waals surface area contributed by atoms with Crippen molar-refractivity contribution >= 4 is 28.3 Å². The second-order valence-electron chi connectivity index (χ2n) is 7.78. The molecule has 1 aliphatic carbocycles. The molecule has 6 nitrogen and oxygen atoms in total. The van der Waals surface area contributed by atoms with E-state index in [1.165, 1.54) is 32.1 Å². The quantitative estimate of drug-likeness (QED) is 0.660. The Morgan fingerprint density at radius 2 is 2.10 bits per heavy atom. The van der Waals surface area contributed by atoms with Gasteiger partial charge in [0.1, 0.15) is 11.8 Å². The van der Waals surface area contributed by atoms with E-state index in [2.05, 4.69) is 39.9 Å². The highest BCUT2D eigenvalue weighted by molar-refractivity contribution is 6.32. The van der Waals surface area contributed by atoms with Crippen LogP contribution in [0.2, 0.25) is 5.02 Å². The minimum atomic E-state index is -0.166. The van der Waals surface area contributed by atoms with Crippen LogP contribution in [-0.2, 0) is 6.54 Å². The van der Waals surface area contributed by atoms with Crippen molar-refractivity contribution < 1.29 is 4.74 Å². The predicted molar refractivity (Wildman–Crippen MR) is 113 cm³/mol. The number of halogens is 1.